The predicted molar refractivity (Wildman–Crippen MR) is 221 cm³/mol. The van der Waals surface area contributed by atoms with Crippen LogP contribution >= 0.6 is 0 Å². The molecular weight excluding hydrogens is 629 g/mol. The van der Waals surface area contributed by atoms with E-state index in [0.29, 0.717) is 0 Å². The van der Waals surface area contributed by atoms with Crippen LogP contribution in [0.2, 0.25) is 0 Å². The highest BCUT2D eigenvalue weighted by Gasteiger charge is 2.17. The molecule has 0 atom stereocenters. The van der Waals surface area contributed by atoms with Gasteiger partial charge in [0.2, 0.25) is 0 Å². The highest BCUT2D eigenvalue weighted by Crippen LogP contribution is 2.40. The number of hydrogen-bond acceptors (Lipinski definition) is 1. The average Bonchev–Trinajstić information content (AvgIpc) is 3.55. The average molecular weight is 667 g/mol. The molecule has 2 heteroatoms. The fourth-order valence-corrected chi connectivity index (χ4v) is 7.64. The third kappa shape index (κ3) is 5.65. The van der Waals surface area contributed by atoms with E-state index in [9.17, 15) is 0 Å². The first-order valence-electron chi connectivity index (χ1n) is 17.9. The molecule has 0 unspecified atom stereocenters. The Morgan fingerprint density at radius 1 is 0.365 bits per heavy atom. The molecule has 0 bridgehead atoms. The second-order valence-corrected chi connectivity index (χ2v) is 13.5. The van der Waals surface area contributed by atoms with E-state index in [1.54, 1.807) is 0 Å². The Morgan fingerprint density at radius 3 is 1.40 bits per heavy atom. The standard InChI is InChI=1S/C50H38N2/c1-35-34-50(51(42-15-7-4-8-16-42)43-29-25-39(26-30-43)37-13-5-3-6-14-37)36(2)33-47(35)41-23-21-38(22-24-41)40-27-31-44(32-28-40)52-48-19-11-9-17-45(48)46-18-10-12-20-49(46)52/h3-34H,1-2H3. The molecule has 0 aliphatic carbocycles. The van der Waals surface area contributed by atoms with Gasteiger partial charge in [-0.3, -0.25) is 0 Å². The lowest BCUT2D eigenvalue weighted by Gasteiger charge is -2.28. The maximum absolute atomic E-state index is 2.37. The molecule has 0 aliphatic heterocycles. The molecule has 0 saturated heterocycles. The van der Waals surface area contributed by atoms with Gasteiger partial charge >= 0.3 is 0 Å². The molecule has 9 rings (SSSR count). The quantitative estimate of drug-likeness (QED) is 0.164. The minimum Gasteiger partial charge on any atom is -0.310 e. The molecule has 0 amide bonds. The number of benzene rings is 8. The van der Waals surface area contributed by atoms with Crippen LogP contribution in [0, 0.1) is 13.8 Å². The highest BCUT2D eigenvalue weighted by molar-refractivity contribution is 6.09. The van der Waals surface area contributed by atoms with Crippen LogP contribution in [-0.2, 0) is 0 Å². The van der Waals surface area contributed by atoms with Crippen LogP contribution in [0.3, 0.4) is 0 Å². The van der Waals surface area contributed by atoms with E-state index < -0.39 is 0 Å². The molecule has 248 valence electrons. The van der Waals surface area contributed by atoms with Crippen molar-refractivity contribution in [2.24, 2.45) is 0 Å². The lowest BCUT2D eigenvalue weighted by atomic mass is 9.94. The largest absolute Gasteiger partial charge is 0.310 e. The fraction of sp³-hybridized carbons (Fsp3) is 0.0400. The van der Waals surface area contributed by atoms with Crippen molar-refractivity contribution in [3.63, 3.8) is 0 Å². The topological polar surface area (TPSA) is 8.17 Å². The number of para-hydroxylation sites is 3. The summed E-state index contributed by atoms with van der Waals surface area (Å²) in [5.74, 6) is 0. The Balaban J connectivity index is 1.02. The molecule has 8 aromatic carbocycles. The maximum atomic E-state index is 2.37. The van der Waals surface area contributed by atoms with Gasteiger partial charge in [-0.1, -0.05) is 133 Å². The van der Waals surface area contributed by atoms with Gasteiger partial charge in [-0.15, -0.1) is 0 Å². The van der Waals surface area contributed by atoms with Crippen molar-refractivity contribution in [1.82, 2.24) is 4.57 Å². The van der Waals surface area contributed by atoms with Crippen molar-refractivity contribution in [1.29, 1.82) is 0 Å². The van der Waals surface area contributed by atoms with Gasteiger partial charge < -0.3 is 9.47 Å². The molecule has 0 aliphatic rings. The van der Waals surface area contributed by atoms with Crippen molar-refractivity contribution in [3.05, 3.63) is 205 Å². The van der Waals surface area contributed by atoms with Gasteiger partial charge in [0, 0.05) is 33.5 Å². The van der Waals surface area contributed by atoms with Crippen molar-refractivity contribution < 1.29 is 0 Å². The zero-order valence-corrected chi connectivity index (χ0v) is 29.4. The number of fused-ring (bicyclic) bond motifs is 3. The first-order chi connectivity index (χ1) is 25.6. The highest BCUT2D eigenvalue weighted by atomic mass is 15.1. The molecule has 2 nitrogen and oxygen atoms in total. The zero-order chi connectivity index (χ0) is 35.0. The summed E-state index contributed by atoms with van der Waals surface area (Å²) >= 11 is 0. The summed E-state index contributed by atoms with van der Waals surface area (Å²) in [6.07, 6.45) is 0. The third-order valence-electron chi connectivity index (χ3n) is 10.3. The molecule has 0 saturated carbocycles. The van der Waals surface area contributed by atoms with Gasteiger partial charge in [0.15, 0.2) is 0 Å². The Kier molecular flexibility index (Phi) is 7.98. The number of rotatable bonds is 7. The summed E-state index contributed by atoms with van der Waals surface area (Å²) in [6.45, 7) is 4.45. The number of aryl methyl sites for hydroxylation is 2. The van der Waals surface area contributed by atoms with Crippen molar-refractivity contribution in [2.75, 3.05) is 4.90 Å². The van der Waals surface area contributed by atoms with E-state index in [1.165, 1.54) is 77.7 Å². The van der Waals surface area contributed by atoms with Gasteiger partial charge in [0.25, 0.3) is 0 Å². The van der Waals surface area contributed by atoms with Crippen molar-refractivity contribution in [3.8, 4) is 39.1 Å². The smallest absolute Gasteiger partial charge is 0.0541 e. The van der Waals surface area contributed by atoms with E-state index in [1.807, 2.05) is 0 Å². The summed E-state index contributed by atoms with van der Waals surface area (Å²) in [7, 11) is 0. The molecule has 0 fully saturated rings. The van der Waals surface area contributed by atoms with E-state index >= 15 is 0 Å². The Hall–Kier alpha value is -6.64. The second kappa shape index (κ2) is 13.2. The van der Waals surface area contributed by atoms with Crippen LogP contribution in [0.15, 0.2) is 194 Å². The van der Waals surface area contributed by atoms with Crippen molar-refractivity contribution in [2.45, 2.75) is 13.8 Å². The normalized spacial score (nSPS) is 11.3. The van der Waals surface area contributed by atoms with Crippen LogP contribution in [0.5, 0.6) is 0 Å². The lowest BCUT2D eigenvalue weighted by molar-refractivity contribution is 1.18. The van der Waals surface area contributed by atoms with Crippen LogP contribution in [-0.4, -0.2) is 4.57 Å². The number of nitrogens with zero attached hydrogens (tertiary/aromatic N) is 2. The Morgan fingerprint density at radius 2 is 0.808 bits per heavy atom. The van der Waals surface area contributed by atoms with E-state index in [-0.39, 0.29) is 0 Å². The summed E-state index contributed by atoms with van der Waals surface area (Å²) in [5, 5.41) is 2.56. The SMILES string of the molecule is Cc1cc(N(c2ccccc2)c2ccc(-c3ccccc3)cc2)c(C)cc1-c1ccc(-c2ccc(-n3c4ccccc4c4ccccc43)cc2)cc1. The van der Waals surface area contributed by atoms with E-state index in [4.69, 9.17) is 0 Å². The molecule has 1 aromatic heterocycles. The number of hydrogen-bond donors (Lipinski definition) is 0. The molecule has 9 aromatic rings. The number of anilines is 3. The zero-order valence-electron chi connectivity index (χ0n) is 29.4. The number of aromatic nitrogens is 1. The van der Waals surface area contributed by atoms with Crippen LogP contribution in [0.25, 0.3) is 60.9 Å². The van der Waals surface area contributed by atoms with Gasteiger partial charge in [0.05, 0.1) is 11.0 Å². The molecular formula is C50H38N2. The lowest BCUT2D eigenvalue weighted by Crippen LogP contribution is -2.11. The fourth-order valence-electron chi connectivity index (χ4n) is 7.64. The third-order valence-corrected chi connectivity index (χ3v) is 10.3. The van der Waals surface area contributed by atoms with Crippen LogP contribution in [0.1, 0.15) is 11.1 Å². The monoisotopic (exact) mass is 666 g/mol. The minimum absolute atomic E-state index is 1.13. The summed E-state index contributed by atoms with van der Waals surface area (Å²) in [5.41, 5.74) is 16.9. The molecule has 0 N–H and O–H groups in total. The molecule has 0 spiro atoms. The Bertz CT molecular complexity index is 2600. The van der Waals surface area contributed by atoms with Gasteiger partial charge in [-0.25, -0.2) is 0 Å². The van der Waals surface area contributed by atoms with Crippen LogP contribution < -0.4 is 4.90 Å². The van der Waals surface area contributed by atoms with E-state index in [0.717, 1.165) is 11.4 Å². The first-order valence-corrected chi connectivity index (χ1v) is 17.9. The molecule has 0 radical (unpaired) electrons. The Labute approximate surface area is 305 Å². The summed E-state index contributed by atoms with van der Waals surface area (Å²) < 4.78 is 2.37. The predicted octanol–water partition coefficient (Wildman–Crippen LogP) is 13.9. The van der Waals surface area contributed by atoms with Gasteiger partial charge in [0.1, 0.15) is 0 Å². The molecule has 52 heavy (non-hydrogen) atoms. The van der Waals surface area contributed by atoms with E-state index in [2.05, 4.69) is 217 Å². The second-order valence-electron chi connectivity index (χ2n) is 13.5. The summed E-state index contributed by atoms with van der Waals surface area (Å²) in [4.78, 5) is 2.37. The summed E-state index contributed by atoms with van der Waals surface area (Å²) in [6, 6.07) is 70.1. The van der Waals surface area contributed by atoms with Gasteiger partial charge in [-0.2, -0.15) is 0 Å². The first kappa shape index (κ1) is 31.3. The van der Waals surface area contributed by atoms with Gasteiger partial charge in [-0.05, 0) is 119 Å². The molecule has 1 heterocycles. The maximum Gasteiger partial charge on any atom is 0.0541 e. The van der Waals surface area contributed by atoms with Crippen LogP contribution in [0.4, 0.5) is 17.1 Å². The minimum atomic E-state index is 1.13. The van der Waals surface area contributed by atoms with Crippen molar-refractivity contribution >= 4 is 38.9 Å².